The molecule has 3 heterocycles. The summed E-state index contributed by atoms with van der Waals surface area (Å²) in [5.74, 6) is 1.23. The largest absolute Gasteiger partial charge is 0.367 e. The molecule has 0 aromatic carbocycles. The summed E-state index contributed by atoms with van der Waals surface area (Å²) in [5.41, 5.74) is 1.30. The first-order valence-electron chi connectivity index (χ1n) is 6.49. The van der Waals surface area contributed by atoms with E-state index in [1.165, 1.54) is 0 Å². The van der Waals surface area contributed by atoms with Crippen molar-refractivity contribution in [2.75, 3.05) is 19.7 Å². The highest BCUT2D eigenvalue weighted by atomic mass is 16.5. The molecule has 106 valence electrons. The maximum absolute atomic E-state index is 12.3. The quantitative estimate of drug-likeness (QED) is 0.891. The minimum Gasteiger partial charge on any atom is -0.367 e. The molecule has 3 rings (SSSR count). The number of morpholine rings is 1. The van der Waals surface area contributed by atoms with Crippen molar-refractivity contribution in [2.24, 2.45) is 0 Å². The molecule has 1 aliphatic heterocycles. The lowest BCUT2D eigenvalue weighted by Crippen LogP contribution is -2.42. The van der Waals surface area contributed by atoms with E-state index < -0.39 is 0 Å². The fourth-order valence-electron chi connectivity index (χ4n) is 2.22. The van der Waals surface area contributed by atoms with Crippen molar-refractivity contribution in [3.05, 3.63) is 35.2 Å². The molecule has 0 spiro atoms. The van der Waals surface area contributed by atoms with Gasteiger partial charge in [0.05, 0.1) is 13.2 Å². The summed E-state index contributed by atoms with van der Waals surface area (Å²) in [6, 6.07) is 1.64. The van der Waals surface area contributed by atoms with Gasteiger partial charge in [-0.1, -0.05) is 5.16 Å². The van der Waals surface area contributed by atoms with Crippen LogP contribution in [-0.2, 0) is 4.74 Å². The van der Waals surface area contributed by atoms with Crippen LogP contribution in [0.5, 0.6) is 0 Å². The summed E-state index contributed by atoms with van der Waals surface area (Å²) < 4.78 is 10.6. The second kappa shape index (κ2) is 5.09. The van der Waals surface area contributed by atoms with E-state index in [4.69, 9.17) is 9.26 Å². The number of imidazole rings is 1. The molecule has 1 fully saturated rings. The number of aryl methyl sites for hydroxylation is 2. The van der Waals surface area contributed by atoms with Gasteiger partial charge < -0.3 is 19.1 Å². The van der Waals surface area contributed by atoms with E-state index in [9.17, 15) is 4.79 Å². The number of hydrogen-bond donors (Lipinski definition) is 1. The molecule has 0 aliphatic carbocycles. The van der Waals surface area contributed by atoms with Crippen LogP contribution in [0.2, 0.25) is 0 Å². The first-order valence-corrected chi connectivity index (χ1v) is 6.49. The zero-order chi connectivity index (χ0) is 14.1. The molecule has 1 aliphatic rings. The number of amides is 1. The number of H-pyrrole nitrogens is 1. The van der Waals surface area contributed by atoms with Crippen molar-refractivity contribution in [1.29, 1.82) is 0 Å². The van der Waals surface area contributed by atoms with Gasteiger partial charge in [0.25, 0.3) is 5.91 Å². The minimum absolute atomic E-state index is 0.140. The molecule has 20 heavy (non-hydrogen) atoms. The summed E-state index contributed by atoms with van der Waals surface area (Å²) in [5, 5.41) is 3.76. The Morgan fingerprint density at radius 3 is 3.00 bits per heavy atom. The lowest BCUT2D eigenvalue weighted by molar-refractivity contribution is -0.0267. The lowest BCUT2D eigenvalue weighted by atomic mass is 10.2. The normalized spacial score (nSPS) is 19.3. The van der Waals surface area contributed by atoms with Crippen LogP contribution >= 0.6 is 0 Å². The second-order valence-corrected chi connectivity index (χ2v) is 4.88. The number of ether oxygens (including phenoxy) is 1. The molecular formula is C13H16N4O3. The molecule has 1 amide bonds. The first-order chi connectivity index (χ1) is 9.63. The van der Waals surface area contributed by atoms with Crippen LogP contribution in [0.15, 0.2) is 16.8 Å². The standard InChI is InChI=1S/C13H16N4O3/c1-8-6-14-12(15-8)11-7-17(3-4-19-11)13(18)10-5-9(2)20-16-10/h5-6,11H,3-4,7H2,1-2H3,(H,14,15)/t11-/m0/s1. The number of carbonyl (C=O) groups is 1. The number of rotatable bonds is 2. The Bertz CT molecular complexity index is 619. The molecule has 1 N–H and O–H groups in total. The Labute approximate surface area is 115 Å². The topological polar surface area (TPSA) is 84.2 Å². The zero-order valence-electron chi connectivity index (χ0n) is 11.4. The van der Waals surface area contributed by atoms with Gasteiger partial charge in [0, 0.05) is 24.5 Å². The van der Waals surface area contributed by atoms with E-state index in [0.717, 1.165) is 11.5 Å². The number of hydrogen-bond acceptors (Lipinski definition) is 5. The number of aromatic nitrogens is 3. The number of aromatic amines is 1. The Morgan fingerprint density at radius 1 is 1.50 bits per heavy atom. The van der Waals surface area contributed by atoms with E-state index in [2.05, 4.69) is 15.1 Å². The average molecular weight is 276 g/mol. The molecular weight excluding hydrogens is 260 g/mol. The third-order valence-electron chi connectivity index (χ3n) is 3.23. The number of carbonyl (C=O) groups excluding carboxylic acids is 1. The fraction of sp³-hybridized carbons (Fsp3) is 0.462. The van der Waals surface area contributed by atoms with Crippen LogP contribution in [0.1, 0.15) is 33.9 Å². The molecule has 2 aromatic rings. The molecule has 7 heteroatoms. The predicted molar refractivity (Wildman–Crippen MR) is 69.2 cm³/mol. The predicted octanol–water partition coefficient (Wildman–Crippen LogP) is 1.23. The zero-order valence-corrected chi connectivity index (χ0v) is 11.4. The number of nitrogens with one attached hydrogen (secondary N) is 1. The minimum atomic E-state index is -0.227. The van der Waals surface area contributed by atoms with Gasteiger partial charge in [-0.15, -0.1) is 0 Å². The van der Waals surface area contributed by atoms with E-state index in [1.807, 2.05) is 6.92 Å². The van der Waals surface area contributed by atoms with Gasteiger partial charge in [-0.25, -0.2) is 4.98 Å². The van der Waals surface area contributed by atoms with Gasteiger partial charge in [-0.3, -0.25) is 4.79 Å². The molecule has 2 aromatic heterocycles. The van der Waals surface area contributed by atoms with Crippen molar-refractivity contribution < 1.29 is 14.1 Å². The second-order valence-electron chi connectivity index (χ2n) is 4.88. The van der Waals surface area contributed by atoms with Crippen molar-refractivity contribution in [1.82, 2.24) is 20.0 Å². The lowest BCUT2D eigenvalue weighted by Gasteiger charge is -2.31. The fourth-order valence-corrected chi connectivity index (χ4v) is 2.22. The Balaban J connectivity index is 1.73. The molecule has 0 radical (unpaired) electrons. The SMILES string of the molecule is Cc1cnc([C@@H]2CN(C(=O)c3cc(C)on3)CCO2)[nH]1. The maximum atomic E-state index is 12.3. The first kappa shape index (κ1) is 12.9. The third kappa shape index (κ3) is 2.44. The Kier molecular flexibility index (Phi) is 3.27. The van der Waals surface area contributed by atoms with E-state index in [-0.39, 0.29) is 12.0 Å². The third-order valence-corrected chi connectivity index (χ3v) is 3.23. The van der Waals surface area contributed by atoms with E-state index in [0.29, 0.717) is 31.2 Å². The van der Waals surface area contributed by atoms with Gasteiger partial charge in [-0.2, -0.15) is 0 Å². The van der Waals surface area contributed by atoms with E-state index >= 15 is 0 Å². The van der Waals surface area contributed by atoms with Crippen LogP contribution < -0.4 is 0 Å². The van der Waals surface area contributed by atoms with Crippen LogP contribution in [0.4, 0.5) is 0 Å². The summed E-state index contributed by atoms with van der Waals surface area (Å²) in [6.07, 6.45) is 1.52. The Morgan fingerprint density at radius 2 is 2.35 bits per heavy atom. The van der Waals surface area contributed by atoms with Crippen LogP contribution in [0.3, 0.4) is 0 Å². The highest BCUT2D eigenvalue weighted by Crippen LogP contribution is 2.21. The summed E-state index contributed by atoms with van der Waals surface area (Å²) >= 11 is 0. The summed E-state index contributed by atoms with van der Waals surface area (Å²) in [7, 11) is 0. The molecule has 1 atom stereocenters. The van der Waals surface area contributed by atoms with Gasteiger partial charge in [0.1, 0.15) is 17.7 Å². The molecule has 0 unspecified atom stereocenters. The van der Waals surface area contributed by atoms with Gasteiger partial charge in [0.2, 0.25) is 0 Å². The smallest absolute Gasteiger partial charge is 0.276 e. The highest BCUT2D eigenvalue weighted by Gasteiger charge is 2.29. The monoisotopic (exact) mass is 276 g/mol. The van der Waals surface area contributed by atoms with Crippen molar-refractivity contribution in [3.8, 4) is 0 Å². The summed E-state index contributed by atoms with van der Waals surface area (Å²) in [6.45, 7) is 5.17. The van der Waals surface area contributed by atoms with Crippen molar-refractivity contribution in [2.45, 2.75) is 20.0 Å². The van der Waals surface area contributed by atoms with Gasteiger partial charge in [0.15, 0.2) is 5.69 Å². The molecule has 7 nitrogen and oxygen atoms in total. The average Bonchev–Trinajstić information content (AvgIpc) is 3.07. The van der Waals surface area contributed by atoms with Crippen LogP contribution in [-0.4, -0.2) is 45.6 Å². The molecule has 0 saturated carbocycles. The summed E-state index contributed by atoms with van der Waals surface area (Å²) in [4.78, 5) is 21.4. The highest BCUT2D eigenvalue weighted by molar-refractivity contribution is 5.92. The van der Waals surface area contributed by atoms with Gasteiger partial charge in [-0.05, 0) is 13.8 Å². The number of nitrogens with zero attached hydrogens (tertiary/aromatic N) is 3. The maximum Gasteiger partial charge on any atom is 0.276 e. The van der Waals surface area contributed by atoms with Crippen LogP contribution in [0, 0.1) is 13.8 Å². The van der Waals surface area contributed by atoms with E-state index in [1.54, 1.807) is 24.1 Å². The van der Waals surface area contributed by atoms with Crippen molar-refractivity contribution in [3.63, 3.8) is 0 Å². The molecule has 0 bridgehead atoms. The van der Waals surface area contributed by atoms with Gasteiger partial charge >= 0.3 is 0 Å². The Hall–Kier alpha value is -2.15. The molecule has 1 saturated heterocycles. The van der Waals surface area contributed by atoms with Crippen molar-refractivity contribution >= 4 is 5.91 Å². The van der Waals surface area contributed by atoms with Crippen LogP contribution in [0.25, 0.3) is 0 Å².